The van der Waals surface area contributed by atoms with E-state index < -0.39 is 15.7 Å². The number of allylic oxidation sites excluding steroid dienone is 2. The molecule has 37 heavy (non-hydrogen) atoms. The van der Waals surface area contributed by atoms with E-state index in [0.717, 1.165) is 29.7 Å². The van der Waals surface area contributed by atoms with Crippen molar-refractivity contribution in [2.45, 2.75) is 63.6 Å². The molecule has 1 aliphatic carbocycles. The molecule has 2 saturated heterocycles. The normalized spacial score (nSPS) is 23.9. The summed E-state index contributed by atoms with van der Waals surface area (Å²) in [6, 6.07) is 6.24. The van der Waals surface area contributed by atoms with Crippen molar-refractivity contribution >= 4 is 21.8 Å². The van der Waals surface area contributed by atoms with Gasteiger partial charge in [0.15, 0.2) is 0 Å². The number of carbonyl (C=O) groups is 1. The summed E-state index contributed by atoms with van der Waals surface area (Å²) in [5.41, 5.74) is 2.57. The molecule has 1 aromatic carbocycles. The van der Waals surface area contributed by atoms with Crippen molar-refractivity contribution in [2.24, 2.45) is 0 Å². The van der Waals surface area contributed by atoms with Gasteiger partial charge in [0.25, 0.3) is 10.2 Å². The van der Waals surface area contributed by atoms with E-state index in [1.54, 1.807) is 4.90 Å². The molecule has 0 bridgehead atoms. The predicted molar refractivity (Wildman–Crippen MR) is 143 cm³/mol. The van der Waals surface area contributed by atoms with Crippen LogP contribution in [-0.2, 0) is 21.4 Å². The summed E-state index contributed by atoms with van der Waals surface area (Å²) in [5, 5.41) is 3.10. The second kappa shape index (κ2) is 10.1. The van der Waals surface area contributed by atoms with Gasteiger partial charge in [0.2, 0.25) is 0 Å². The van der Waals surface area contributed by atoms with E-state index in [0.29, 0.717) is 52.2 Å². The highest BCUT2D eigenvalue weighted by atomic mass is 32.2. The highest BCUT2D eigenvalue weighted by Gasteiger charge is 2.44. The molecular weight excluding hydrogens is 492 g/mol. The minimum Gasteiger partial charge on any atom is -0.487 e. The Bertz CT molecular complexity index is 1190. The van der Waals surface area contributed by atoms with Crippen LogP contribution in [0.1, 0.15) is 51.2 Å². The molecule has 202 valence electrons. The van der Waals surface area contributed by atoms with Crippen molar-refractivity contribution < 1.29 is 22.7 Å². The van der Waals surface area contributed by atoms with E-state index >= 15 is 0 Å². The van der Waals surface area contributed by atoms with Crippen molar-refractivity contribution in [1.29, 1.82) is 0 Å². The zero-order valence-corrected chi connectivity index (χ0v) is 22.8. The number of morpholine rings is 1. The Balaban J connectivity index is 1.18. The lowest BCUT2D eigenvalue weighted by molar-refractivity contribution is 0.0403. The number of ether oxygens (including phenoxy) is 2. The van der Waals surface area contributed by atoms with E-state index in [4.69, 9.17) is 9.47 Å². The second-order valence-corrected chi connectivity index (χ2v) is 13.1. The maximum atomic E-state index is 12.7. The SMILES string of the molecule is CC(C)(C)NS(=O)(=O)N1CCC2(CC1)Cc1cc(C3=CCC(NC(=O)N4CCOCC4)C=C3)ccc1O2. The molecule has 0 radical (unpaired) electrons. The molecule has 3 heterocycles. The van der Waals surface area contributed by atoms with Crippen molar-refractivity contribution in [3.8, 4) is 5.75 Å². The maximum absolute atomic E-state index is 12.7. The number of hydrogen-bond donors (Lipinski definition) is 2. The minimum atomic E-state index is -3.52. The van der Waals surface area contributed by atoms with Crippen LogP contribution in [0.25, 0.3) is 5.57 Å². The van der Waals surface area contributed by atoms with Crippen LogP contribution in [0.15, 0.2) is 36.4 Å². The lowest BCUT2D eigenvalue weighted by Crippen LogP contribution is -2.54. The van der Waals surface area contributed by atoms with Gasteiger partial charge in [-0.25, -0.2) is 4.79 Å². The Kier molecular flexibility index (Phi) is 7.12. The number of nitrogens with one attached hydrogen (secondary N) is 2. The Morgan fingerprint density at radius 1 is 1.11 bits per heavy atom. The minimum absolute atomic E-state index is 0.0191. The van der Waals surface area contributed by atoms with Crippen LogP contribution < -0.4 is 14.8 Å². The summed E-state index contributed by atoms with van der Waals surface area (Å²) >= 11 is 0. The zero-order chi connectivity index (χ0) is 26.3. The molecule has 2 N–H and O–H groups in total. The topological polar surface area (TPSA) is 100 Å². The average Bonchev–Trinajstić information content (AvgIpc) is 3.20. The van der Waals surface area contributed by atoms with Gasteiger partial charge in [0.05, 0.1) is 19.3 Å². The summed E-state index contributed by atoms with van der Waals surface area (Å²) in [4.78, 5) is 14.3. The number of amides is 2. The number of hydrogen-bond acceptors (Lipinski definition) is 5. The summed E-state index contributed by atoms with van der Waals surface area (Å²) < 4.78 is 41.5. The predicted octanol–water partition coefficient (Wildman–Crippen LogP) is 2.84. The molecule has 9 nitrogen and oxygen atoms in total. The number of urea groups is 1. The number of nitrogens with zero attached hydrogens (tertiary/aromatic N) is 2. The van der Waals surface area contributed by atoms with Crippen LogP contribution in [0, 0.1) is 0 Å². The standard InChI is InChI=1S/C27H38N4O5S/c1-26(2,3)29-37(33,34)31-12-10-27(11-13-31)19-22-18-21(6-9-24(22)36-27)20-4-7-23(8-5-20)28-25(32)30-14-16-35-17-15-30/h4-7,9,18,23,29H,8,10-17,19H2,1-3H3,(H,28,32). The Morgan fingerprint density at radius 2 is 1.84 bits per heavy atom. The number of fused-ring (bicyclic) bond motifs is 1. The van der Waals surface area contributed by atoms with Crippen LogP contribution in [0.4, 0.5) is 4.79 Å². The van der Waals surface area contributed by atoms with Gasteiger partial charge in [0.1, 0.15) is 11.4 Å². The quantitative estimate of drug-likeness (QED) is 0.624. The lowest BCUT2D eigenvalue weighted by Gasteiger charge is -2.38. The van der Waals surface area contributed by atoms with Crippen molar-refractivity contribution in [3.63, 3.8) is 0 Å². The molecule has 2 fully saturated rings. The van der Waals surface area contributed by atoms with Gasteiger partial charge in [-0.05, 0) is 56.0 Å². The molecule has 0 aromatic heterocycles. The Hall–Kier alpha value is -2.40. The summed E-state index contributed by atoms with van der Waals surface area (Å²) in [5.74, 6) is 0.893. The molecule has 0 saturated carbocycles. The van der Waals surface area contributed by atoms with Gasteiger partial charge in [-0.1, -0.05) is 24.3 Å². The van der Waals surface area contributed by atoms with Crippen molar-refractivity contribution in [3.05, 3.63) is 47.6 Å². The fraction of sp³-hybridized carbons (Fsp3) is 0.593. The average molecular weight is 531 g/mol. The molecule has 5 rings (SSSR count). The summed E-state index contributed by atoms with van der Waals surface area (Å²) in [6.07, 6.45) is 9.15. The highest BCUT2D eigenvalue weighted by molar-refractivity contribution is 7.87. The summed E-state index contributed by atoms with van der Waals surface area (Å²) in [6.45, 7) is 8.87. The third-order valence-electron chi connectivity index (χ3n) is 7.35. The first kappa shape index (κ1) is 26.2. The van der Waals surface area contributed by atoms with E-state index in [2.05, 4.69) is 40.4 Å². The number of carbonyl (C=O) groups excluding carboxylic acids is 1. The lowest BCUT2D eigenvalue weighted by atomic mass is 9.87. The van der Waals surface area contributed by atoms with Crippen LogP contribution in [0.3, 0.4) is 0 Å². The van der Waals surface area contributed by atoms with Gasteiger partial charge >= 0.3 is 6.03 Å². The van der Waals surface area contributed by atoms with Crippen LogP contribution in [0.2, 0.25) is 0 Å². The number of rotatable bonds is 4. The molecule has 4 aliphatic rings. The maximum Gasteiger partial charge on any atom is 0.318 e. The highest BCUT2D eigenvalue weighted by Crippen LogP contribution is 2.42. The zero-order valence-electron chi connectivity index (χ0n) is 22.0. The van der Waals surface area contributed by atoms with E-state index in [9.17, 15) is 13.2 Å². The van der Waals surface area contributed by atoms with Gasteiger partial charge in [0, 0.05) is 51.0 Å². The Labute approximate surface area is 220 Å². The van der Waals surface area contributed by atoms with Gasteiger partial charge < -0.3 is 19.7 Å². The third kappa shape index (κ3) is 6.03. The van der Waals surface area contributed by atoms with E-state index in [1.165, 1.54) is 9.87 Å². The fourth-order valence-corrected chi connectivity index (χ4v) is 7.00. The second-order valence-electron chi connectivity index (χ2n) is 11.5. The van der Waals surface area contributed by atoms with Crippen LogP contribution >= 0.6 is 0 Å². The smallest absolute Gasteiger partial charge is 0.318 e. The van der Waals surface area contributed by atoms with Crippen molar-refractivity contribution in [2.75, 3.05) is 39.4 Å². The number of piperidine rings is 1. The molecule has 3 aliphatic heterocycles. The molecule has 10 heteroatoms. The van der Waals surface area contributed by atoms with Gasteiger partial charge in [-0.15, -0.1) is 0 Å². The molecule has 1 unspecified atom stereocenters. The summed E-state index contributed by atoms with van der Waals surface area (Å²) in [7, 11) is -3.52. The van der Waals surface area contributed by atoms with Crippen LogP contribution in [-0.4, -0.2) is 80.2 Å². The van der Waals surface area contributed by atoms with Crippen LogP contribution in [0.5, 0.6) is 5.75 Å². The molecular formula is C27H38N4O5S. The monoisotopic (exact) mass is 530 g/mol. The Morgan fingerprint density at radius 3 is 2.49 bits per heavy atom. The van der Waals surface area contributed by atoms with Gasteiger partial charge in [-0.3, -0.25) is 0 Å². The molecule has 2 amide bonds. The van der Waals surface area contributed by atoms with Gasteiger partial charge in [-0.2, -0.15) is 17.4 Å². The van der Waals surface area contributed by atoms with Crippen molar-refractivity contribution in [1.82, 2.24) is 19.2 Å². The molecule has 1 aromatic rings. The fourth-order valence-electron chi connectivity index (χ4n) is 5.44. The number of benzene rings is 1. The first-order chi connectivity index (χ1) is 17.5. The largest absolute Gasteiger partial charge is 0.487 e. The first-order valence-electron chi connectivity index (χ1n) is 13.1. The molecule has 1 atom stereocenters. The third-order valence-corrected chi connectivity index (χ3v) is 9.26. The molecule has 1 spiro atoms. The van der Waals surface area contributed by atoms with E-state index in [-0.39, 0.29) is 17.7 Å². The van der Waals surface area contributed by atoms with E-state index in [1.807, 2.05) is 26.8 Å². The first-order valence-corrected chi connectivity index (χ1v) is 14.6.